The highest BCUT2D eigenvalue weighted by Gasteiger charge is 2.43. The Labute approximate surface area is 188 Å². The number of thioether (sulfide) groups is 1. The molecule has 5 nitrogen and oxygen atoms in total. The molecule has 0 bridgehead atoms. The van der Waals surface area contributed by atoms with E-state index in [9.17, 15) is 4.79 Å². The van der Waals surface area contributed by atoms with E-state index in [2.05, 4.69) is 11.4 Å². The van der Waals surface area contributed by atoms with Gasteiger partial charge in [0.05, 0.1) is 19.5 Å². The van der Waals surface area contributed by atoms with Gasteiger partial charge in [0.1, 0.15) is 22.8 Å². The number of benzene rings is 2. The lowest BCUT2D eigenvalue weighted by molar-refractivity contribution is -0.118. The second-order valence-corrected chi connectivity index (χ2v) is 9.44. The summed E-state index contributed by atoms with van der Waals surface area (Å²) in [6.45, 7) is 3.14. The zero-order chi connectivity index (χ0) is 21.7. The fourth-order valence-electron chi connectivity index (χ4n) is 4.50. The molecule has 6 heteroatoms. The molecular weight excluding hydrogens is 410 g/mol. The Hall–Kier alpha value is -2.34. The molecule has 31 heavy (non-hydrogen) atoms. The van der Waals surface area contributed by atoms with E-state index in [1.54, 1.807) is 18.9 Å². The van der Waals surface area contributed by atoms with Crippen molar-refractivity contribution >= 4 is 17.7 Å². The molecule has 1 aliphatic carbocycles. The minimum atomic E-state index is -0.0721. The van der Waals surface area contributed by atoms with Crippen LogP contribution in [-0.4, -0.2) is 31.0 Å². The van der Waals surface area contributed by atoms with E-state index in [1.165, 1.54) is 12.8 Å². The third-order valence-corrected chi connectivity index (χ3v) is 7.35. The van der Waals surface area contributed by atoms with Gasteiger partial charge in [-0.1, -0.05) is 12.1 Å². The smallest absolute Gasteiger partial charge is 0.230 e. The van der Waals surface area contributed by atoms with Gasteiger partial charge >= 0.3 is 0 Å². The summed E-state index contributed by atoms with van der Waals surface area (Å²) >= 11 is 1.71. The second kappa shape index (κ2) is 9.86. The number of nitrogens with one attached hydrogen (secondary N) is 1. The summed E-state index contributed by atoms with van der Waals surface area (Å²) in [5.41, 5.74) is 2.13. The lowest BCUT2D eigenvalue weighted by Gasteiger charge is -2.40. The van der Waals surface area contributed by atoms with Crippen LogP contribution in [0.15, 0.2) is 42.5 Å². The van der Waals surface area contributed by atoms with Gasteiger partial charge < -0.3 is 19.5 Å². The van der Waals surface area contributed by atoms with Gasteiger partial charge in [-0.2, -0.15) is 0 Å². The van der Waals surface area contributed by atoms with Crippen LogP contribution < -0.4 is 19.5 Å². The SMILES string of the molecule is CCOc1ccc2c(c1)[C@H](SCC(=O)NCc1ccc(OC)cc1)CC1(CCCC1)O2. The van der Waals surface area contributed by atoms with Gasteiger partial charge in [-0.05, 0) is 68.5 Å². The molecule has 0 aromatic heterocycles. The van der Waals surface area contributed by atoms with Crippen LogP contribution >= 0.6 is 11.8 Å². The number of amides is 1. The van der Waals surface area contributed by atoms with Gasteiger partial charge in [-0.25, -0.2) is 0 Å². The first-order valence-corrected chi connectivity index (χ1v) is 12.1. The first-order chi connectivity index (χ1) is 15.1. The van der Waals surface area contributed by atoms with Crippen LogP contribution in [0.4, 0.5) is 0 Å². The second-order valence-electron chi connectivity index (χ2n) is 8.25. The summed E-state index contributed by atoms with van der Waals surface area (Å²) in [6.07, 6.45) is 5.57. The lowest BCUT2D eigenvalue weighted by atomic mass is 9.89. The molecule has 1 aliphatic heterocycles. The molecule has 1 amide bonds. The van der Waals surface area contributed by atoms with Crippen molar-refractivity contribution in [3.05, 3.63) is 53.6 Å². The molecule has 1 atom stereocenters. The predicted octanol–water partition coefficient (Wildman–Crippen LogP) is 5.28. The molecule has 1 N–H and O–H groups in total. The number of carbonyl (C=O) groups is 1. The topological polar surface area (TPSA) is 56.8 Å². The van der Waals surface area contributed by atoms with Crippen molar-refractivity contribution < 1.29 is 19.0 Å². The molecular formula is C25H31NO4S. The van der Waals surface area contributed by atoms with E-state index in [4.69, 9.17) is 14.2 Å². The monoisotopic (exact) mass is 441 g/mol. The average Bonchev–Trinajstić information content (AvgIpc) is 3.24. The van der Waals surface area contributed by atoms with Crippen LogP contribution in [-0.2, 0) is 11.3 Å². The molecule has 166 valence electrons. The largest absolute Gasteiger partial charge is 0.497 e. The summed E-state index contributed by atoms with van der Waals surface area (Å²) in [5, 5.41) is 3.27. The third kappa shape index (κ3) is 5.29. The van der Waals surface area contributed by atoms with Crippen molar-refractivity contribution in [3.63, 3.8) is 0 Å². The number of rotatable bonds is 8. The number of hydrogen-bond acceptors (Lipinski definition) is 5. The van der Waals surface area contributed by atoms with Crippen molar-refractivity contribution in [3.8, 4) is 17.2 Å². The number of ether oxygens (including phenoxy) is 3. The van der Waals surface area contributed by atoms with Crippen molar-refractivity contribution in [1.82, 2.24) is 5.32 Å². The first-order valence-electron chi connectivity index (χ1n) is 11.1. The fraction of sp³-hybridized carbons (Fsp3) is 0.480. The Balaban J connectivity index is 1.40. The molecule has 4 rings (SSSR count). The van der Waals surface area contributed by atoms with Crippen LogP contribution in [0.1, 0.15) is 55.4 Å². The van der Waals surface area contributed by atoms with Crippen molar-refractivity contribution in [2.24, 2.45) is 0 Å². The average molecular weight is 442 g/mol. The molecule has 1 saturated carbocycles. The molecule has 1 fully saturated rings. The maximum absolute atomic E-state index is 12.6. The molecule has 0 radical (unpaired) electrons. The van der Waals surface area contributed by atoms with Crippen LogP contribution in [0.3, 0.4) is 0 Å². The van der Waals surface area contributed by atoms with E-state index in [1.807, 2.05) is 43.3 Å². The predicted molar refractivity (Wildman–Crippen MR) is 124 cm³/mol. The molecule has 0 saturated heterocycles. The van der Waals surface area contributed by atoms with Gasteiger partial charge in [0, 0.05) is 23.8 Å². The number of carbonyl (C=O) groups excluding carboxylic acids is 1. The summed E-state index contributed by atoms with van der Waals surface area (Å²) in [4.78, 5) is 12.6. The Bertz CT molecular complexity index is 893. The van der Waals surface area contributed by atoms with Crippen LogP contribution in [0.2, 0.25) is 0 Å². The molecule has 0 unspecified atom stereocenters. The Kier molecular flexibility index (Phi) is 6.96. The van der Waals surface area contributed by atoms with Gasteiger partial charge in [-0.15, -0.1) is 11.8 Å². The molecule has 2 aromatic rings. The van der Waals surface area contributed by atoms with Crippen molar-refractivity contribution in [2.45, 2.75) is 56.4 Å². The minimum absolute atomic E-state index is 0.0512. The highest BCUT2D eigenvalue weighted by atomic mass is 32.2. The summed E-state index contributed by atoms with van der Waals surface area (Å²) in [7, 11) is 1.65. The summed E-state index contributed by atoms with van der Waals surface area (Å²) in [6, 6.07) is 13.9. The third-order valence-electron chi connectivity index (χ3n) is 6.10. The number of hydrogen-bond donors (Lipinski definition) is 1. The number of methoxy groups -OCH3 is 1. The van der Waals surface area contributed by atoms with Crippen LogP contribution in [0.5, 0.6) is 17.2 Å². The summed E-state index contributed by atoms with van der Waals surface area (Å²) < 4.78 is 17.4. The minimum Gasteiger partial charge on any atom is -0.497 e. The van der Waals surface area contributed by atoms with Gasteiger partial charge in [-0.3, -0.25) is 4.79 Å². The van der Waals surface area contributed by atoms with Crippen LogP contribution in [0, 0.1) is 0 Å². The van der Waals surface area contributed by atoms with E-state index >= 15 is 0 Å². The standard InChI is InChI=1S/C25H31NO4S/c1-3-29-20-10-11-22-21(14-20)23(15-25(30-22)12-4-5-13-25)31-17-24(27)26-16-18-6-8-19(28-2)9-7-18/h6-11,14,23H,3-5,12-13,15-17H2,1-2H3,(H,26,27)/t23-/m1/s1. The maximum Gasteiger partial charge on any atom is 0.230 e. The first kappa shape index (κ1) is 21.9. The highest BCUT2D eigenvalue weighted by molar-refractivity contribution is 8.00. The van der Waals surface area contributed by atoms with Gasteiger partial charge in [0.25, 0.3) is 0 Å². The highest BCUT2D eigenvalue weighted by Crippen LogP contribution is 2.52. The molecule has 1 spiro atoms. The zero-order valence-corrected chi connectivity index (χ0v) is 19.1. The molecule has 2 aliphatic rings. The zero-order valence-electron chi connectivity index (χ0n) is 18.3. The number of fused-ring (bicyclic) bond motifs is 1. The lowest BCUT2D eigenvalue weighted by Crippen LogP contribution is -2.38. The normalized spacial score (nSPS) is 18.8. The maximum atomic E-state index is 12.6. The quantitative estimate of drug-likeness (QED) is 0.604. The van der Waals surface area contributed by atoms with E-state index in [0.29, 0.717) is 18.9 Å². The van der Waals surface area contributed by atoms with E-state index < -0.39 is 0 Å². The van der Waals surface area contributed by atoms with Gasteiger partial charge in [0.15, 0.2) is 0 Å². The van der Waals surface area contributed by atoms with E-state index in [-0.39, 0.29) is 16.8 Å². The van der Waals surface area contributed by atoms with Crippen molar-refractivity contribution in [1.29, 1.82) is 0 Å². The fourth-order valence-corrected chi connectivity index (χ4v) is 5.74. The van der Waals surface area contributed by atoms with E-state index in [0.717, 1.165) is 47.6 Å². The Morgan fingerprint density at radius 3 is 2.61 bits per heavy atom. The molecule has 2 aromatic carbocycles. The Morgan fingerprint density at radius 2 is 1.90 bits per heavy atom. The van der Waals surface area contributed by atoms with Gasteiger partial charge in [0.2, 0.25) is 5.91 Å². The van der Waals surface area contributed by atoms with Crippen LogP contribution in [0.25, 0.3) is 0 Å². The van der Waals surface area contributed by atoms with Crippen molar-refractivity contribution in [2.75, 3.05) is 19.5 Å². The summed E-state index contributed by atoms with van der Waals surface area (Å²) in [5.74, 6) is 3.11. The molecule has 1 heterocycles. The Morgan fingerprint density at radius 1 is 1.16 bits per heavy atom.